The summed E-state index contributed by atoms with van der Waals surface area (Å²) in [5, 5.41) is 13.0. The Morgan fingerprint density at radius 1 is 1.21 bits per heavy atom. The number of carbonyl (C=O) groups is 1. The lowest BCUT2D eigenvalue weighted by Crippen LogP contribution is -2.30. The van der Waals surface area contributed by atoms with Gasteiger partial charge in [0.15, 0.2) is 17.4 Å². The standard InChI is InChI=1S/C30H23ClF2N6O3S.C7H12FN/c1-13(2)36-29(40)14-5-4-6-15(11-14)39-9-10-42-25-21-24(37-30(41-3)38-28(21)39)23(33)20(22(25)31)16-7-8-18(32)26-19(16)17(12-34)27(35)43-26;8-6-4-7-2-1-3-9(7)5-6/h4-8,11,13H,9-10,35H2,1-3H3,(H,36,40);6-7H,1-5H2. The molecule has 2 unspecified atom stereocenters. The molecule has 2 fully saturated rings. The number of hydrogen-bond acceptors (Lipinski definition) is 10. The number of amides is 1. The highest BCUT2D eigenvalue weighted by Gasteiger charge is 2.35. The molecule has 1 amide bonds. The van der Waals surface area contributed by atoms with Crippen LogP contribution in [0.15, 0.2) is 36.4 Å². The molecule has 0 aliphatic carbocycles. The number of rotatable bonds is 5. The molecule has 5 aromatic rings. The molecule has 0 radical (unpaired) electrons. The molecular formula is C37H35ClF3N7O3S. The van der Waals surface area contributed by atoms with Crippen LogP contribution in [0.1, 0.15) is 49.0 Å². The summed E-state index contributed by atoms with van der Waals surface area (Å²) in [6.45, 7) is 5.96. The van der Waals surface area contributed by atoms with E-state index in [1.165, 1.54) is 32.1 Å². The Labute approximate surface area is 306 Å². The van der Waals surface area contributed by atoms with Gasteiger partial charge >= 0.3 is 6.01 Å². The van der Waals surface area contributed by atoms with Crippen molar-refractivity contribution < 1.29 is 27.4 Å². The minimum Gasteiger partial charge on any atom is -0.489 e. The molecule has 15 heteroatoms. The summed E-state index contributed by atoms with van der Waals surface area (Å²) in [5.74, 6) is -1.33. The lowest BCUT2D eigenvalue weighted by atomic mass is 9.96. The Hall–Kier alpha value is -4.84. The zero-order chi connectivity index (χ0) is 36.8. The Morgan fingerprint density at radius 3 is 2.75 bits per heavy atom. The number of aromatic nitrogens is 2. The van der Waals surface area contributed by atoms with Crippen LogP contribution in [0.5, 0.6) is 11.8 Å². The van der Waals surface area contributed by atoms with E-state index >= 15 is 4.39 Å². The predicted octanol–water partition coefficient (Wildman–Crippen LogP) is 7.77. The number of ether oxygens (including phenoxy) is 2. The van der Waals surface area contributed by atoms with E-state index in [0.717, 1.165) is 24.3 Å². The fraction of sp³-hybridized carbons (Fsp3) is 0.351. The van der Waals surface area contributed by atoms with Gasteiger partial charge in [0.05, 0.1) is 34.3 Å². The van der Waals surface area contributed by atoms with Crippen molar-refractivity contribution in [3.63, 3.8) is 0 Å². The number of benzene rings is 3. The lowest BCUT2D eigenvalue weighted by Gasteiger charge is -2.23. The van der Waals surface area contributed by atoms with Crippen molar-refractivity contribution in [3.8, 4) is 29.0 Å². The molecular weight excluding hydrogens is 715 g/mol. The number of nitriles is 1. The largest absolute Gasteiger partial charge is 0.489 e. The van der Waals surface area contributed by atoms with E-state index < -0.39 is 17.8 Å². The van der Waals surface area contributed by atoms with Crippen molar-refractivity contribution in [1.82, 2.24) is 20.2 Å². The van der Waals surface area contributed by atoms with E-state index in [9.17, 15) is 18.8 Å². The number of alkyl halides is 1. The van der Waals surface area contributed by atoms with Gasteiger partial charge in [0.2, 0.25) is 0 Å². The van der Waals surface area contributed by atoms with Crippen LogP contribution in [0, 0.1) is 23.0 Å². The number of methoxy groups -OCH3 is 1. The molecule has 10 nitrogen and oxygen atoms in total. The summed E-state index contributed by atoms with van der Waals surface area (Å²) in [7, 11) is 1.36. The Balaban J connectivity index is 0.000000404. The molecule has 0 saturated carbocycles. The van der Waals surface area contributed by atoms with Crippen LogP contribution in [0.2, 0.25) is 5.02 Å². The Kier molecular flexibility index (Phi) is 9.77. The second-order valence-electron chi connectivity index (χ2n) is 13.1. The van der Waals surface area contributed by atoms with E-state index in [4.69, 9.17) is 26.8 Å². The topological polar surface area (TPSA) is 130 Å². The molecule has 3 aliphatic heterocycles. The number of nitrogens with one attached hydrogen (secondary N) is 1. The molecule has 3 aliphatic rings. The minimum absolute atomic E-state index is 0.0189. The first-order valence-corrected chi connectivity index (χ1v) is 18.1. The number of nitrogens with zero attached hydrogens (tertiary/aromatic N) is 5. The molecule has 3 N–H and O–H groups in total. The van der Waals surface area contributed by atoms with Gasteiger partial charge in [-0.1, -0.05) is 23.7 Å². The summed E-state index contributed by atoms with van der Waals surface area (Å²) >= 11 is 7.80. The van der Waals surface area contributed by atoms with Crippen molar-refractivity contribution in [1.29, 1.82) is 5.26 Å². The fourth-order valence-corrected chi connectivity index (χ4v) is 8.47. The first-order valence-electron chi connectivity index (χ1n) is 16.9. The number of hydrogen-bond donors (Lipinski definition) is 2. The maximum absolute atomic E-state index is 16.7. The first kappa shape index (κ1) is 35.6. The molecule has 5 heterocycles. The molecule has 2 aromatic heterocycles. The summed E-state index contributed by atoms with van der Waals surface area (Å²) in [6.07, 6.45) is 2.81. The highest BCUT2D eigenvalue weighted by Crippen LogP contribution is 2.51. The zero-order valence-corrected chi connectivity index (χ0v) is 30.2. The SMILES string of the molecule is COc1nc2c3c(c(Cl)c(-c4ccc(F)c5sc(N)c(C#N)c45)c(F)c3n1)OCCN2c1cccc(C(=O)NC(C)C)c1.FC1CC2CCCN2C1. The van der Waals surface area contributed by atoms with Crippen molar-refractivity contribution in [3.05, 3.63) is 64.2 Å². The smallest absolute Gasteiger partial charge is 0.318 e. The maximum Gasteiger partial charge on any atom is 0.318 e. The number of nitrogen functional groups attached to an aromatic ring is 1. The van der Waals surface area contributed by atoms with Gasteiger partial charge in [0, 0.05) is 40.8 Å². The molecule has 3 aromatic carbocycles. The fourth-order valence-electron chi connectivity index (χ4n) is 7.19. The van der Waals surface area contributed by atoms with Crippen molar-refractivity contribution in [2.75, 3.05) is 44.0 Å². The minimum atomic E-state index is -0.845. The number of nitrogens with two attached hydrogens (primary N) is 1. The van der Waals surface area contributed by atoms with Crippen LogP contribution in [-0.4, -0.2) is 72.4 Å². The van der Waals surface area contributed by atoms with E-state index in [2.05, 4.69) is 20.2 Å². The van der Waals surface area contributed by atoms with Gasteiger partial charge in [-0.2, -0.15) is 15.2 Å². The summed E-state index contributed by atoms with van der Waals surface area (Å²) in [4.78, 5) is 25.7. The molecule has 2 saturated heterocycles. The van der Waals surface area contributed by atoms with Gasteiger partial charge in [-0.15, -0.1) is 11.3 Å². The van der Waals surface area contributed by atoms with Gasteiger partial charge in [0.1, 0.15) is 35.2 Å². The predicted molar refractivity (Wildman–Crippen MR) is 197 cm³/mol. The lowest BCUT2D eigenvalue weighted by molar-refractivity contribution is 0.0943. The number of halogens is 4. The summed E-state index contributed by atoms with van der Waals surface area (Å²) in [6, 6.07) is 11.9. The number of anilines is 3. The third-order valence-electron chi connectivity index (χ3n) is 9.44. The zero-order valence-electron chi connectivity index (χ0n) is 28.6. The second-order valence-corrected chi connectivity index (χ2v) is 14.6. The molecule has 0 spiro atoms. The average molecular weight is 750 g/mol. The van der Waals surface area contributed by atoms with Crippen LogP contribution in [-0.2, 0) is 0 Å². The monoisotopic (exact) mass is 749 g/mol. The van der Waals surface area contributed by atoms with Gasteiger partial charge in [-0.3, -0.25) is 9.69 Å². The molecule has 270 valence electrons. The third kappa shape index (κ3) is 6.31. The van der Waals surface area contributed by atoms with Crippen molar-refractivity contribution in [2.45, 2.75) is 51.4 Å². The maximum atomic E-state index is 16.7. The van der Waals surface area contributed by atoms with E-state index in [-0.39, 0.29) is 90.4 Å². The average Bonchev–Trinajstić information content (AvgIpc) is 3.77. The van der Waals surface area contributed by atoms with Gasteiger partial charge in [0.25, 0.3) is 5.91 Å². The number of fused-ring (bicyclic) bond motifs is 2. The number of carbonyl (C=O) groups excluding carboxylic acids is 1. The second kappa shape index (κ2) is 14.3. The van der Waals surface area contributed by atoms with Crippen LogP contribution in [0.3, 0.4) is 0 Å². The van der Waals surface area contributed by atoms with Crippen molar-refractivity contribution in [2.24, 2.45) is 0 Å². The van der Waals surface area contributed by atoms with Gasteiger partial charge in [-0.25, -0.2) is 13.2 Å². The molecule has 0 bridgehead atoms. The van der Waals surface area contributed by atoms with Crippen LogP contribution in [0.4, 0.5) is 29.7 Å². The van der Waals surface area contributed by atoms with Crippen LogP contribution >= 0.6 is 22.9 Å². The van der Waals surface area contributed by atoms with Crippen molar-refractivity contribution >= 4 is 66.3 Å². The molecule has 8 rings (SSSR count). The van der Waals surface area contributed by atoms with Gasteiger partial charge < -0.3 is 25.4 Å². The highest BCUT2D eigenvalue weighted by atomic mass is 35.5. The summed E-state index contributed by atoms with van der Waals surface area (Å²) < 4.78 is 55.7. The number of thiophene rings is 1. The highest BCUT2D eigenvalue weighted by molar-refractivity contribution is 7.23. The Morgan fingerprint density at radius 2 is 2.02 bits per heavy atom. The molecule has 2 atom stereocenters. The van der Waals surface area contributed by atoms with E-state index in [1.807, 2.05) is 19.9 Å². The quantitative estimate of drug-likeness (QED) is 0.185. The van der Waals surface area contributed by atoms with Crippen LogP contribution < -0.4 is 25.4 Å². The normalized spacial score (nSPS) is 18.1. The first-order chi connectivity index (χ1) is 25.0. The molecule has 52 heavy (non-hydrogen) atoms. The summed E-state index contributed by atoms with van der Waals surface area (Å²) in [5.41, 5.74) is 6.95. The van der Waals surface area contributed by atoms with Gasteiger partial charge in [-0.05, 0) is 69.5 Å². The van der Waals surface area contributed by atoms with E-state index in [1.54, 1.807) is 29.2 Å². The third-order valence-corrected chi connectivity index (χ3v) is 10.8. The Bertz CT molecular complexity index is 2250. The van der Waals surface area contributed by atoms with Crippen LogP contribution in [0.25, 0.3) is 32.1 Å². The van der Waals surface area contributed by atoms with E-state index in [0.29, 0.717) is 23.8 Å².